The van der Waals surface area contributed by atoms with Crippen LogP contribution in [0.3, 0.4) is 0 Å². The van der Waals surface area contributed by atoms with Crippen molar-refractivity contribution in [2.24, 2.45) is 5.92 Å². The summed E-state index contributed by atoms with van der Waals surface area (Å²) in [6, 6.07) is 14.1. The third-order valence-electron chi connectivity index (χ3n) is 6.58. The monoisotopic (exact) mass is 485 g/mol. The van der Waals surface area contributed by atoms with Crippen molar-refractivity contribution >= 4 is 27.3 Å². The van der Waals surface area contributed by atoms with Crippen LogP contribution >= 0.6 is 0 Å². The molecule has 0 unspecified atom stereocenters. The Hall–Kier alpha value is -2.54. The summed E-state index contributed by atoms with van der Waals surface area (Å²) in [4.78, 5) is 15.0. The fourth-order valence-corrected chi connectivity index (χ4v) is 5.55. The molecule has 0 aliphatic carbocycles. The molecule has 1 saturated heterocycles. The summed E-state index contributed by atoms with van der Waals surface area (Å²) >= 11 is 0. The predicted molar refractivity (Wildman–Crippen MR) is 141 cm³/mol. The van der Waals surface area contributed by atoms with E-state index >= 15 is 0 Å². The highest BCUT2D eigenvalue weighted by molar-refractivity contribution is 7.92. The van der Waals surface area contributed by atoms with Gasteiger partial charge in [-0.1, -0.05) is 25.1 Å². The highest BCUT2D eigenvalue weighted by Crippen LogP contribution is 2.25. The molecule has 0 radical (unpaired) electrons. The molecule has 1 N–H and O–H groups in total. The Morgan fingerprint density at radius 1 is 1.09 bits per heavy atom. The maximum absolute atomic E-state index is 12.6. The first-order chi connectivity index (χ1) is 16.0. The van der Waals surface area contributed by atoms with E-state index in [1.165, 1.54) is 29.1 Å². The van der Waals surface area contributed by atoms with E-state index in [0.29, 0.717) is 12.1 Å². The minimum absolute atomic E-state index is 0.0736. The highest BCUT2D eigenvalue weighted by Gasteiger charge is 2.19. The quantitative estimate of drug-likeness (QED) is 0.545. The molecule has 1 fully saturated rings. The van der Waals surface area contributed by atoms with Gasteiger partial charge in [-0.05, 0) is 86.9 Å². The second-order valence-corrected chi connectivity index (χ2v) is 11.7. The fraction of sp³-hybridized carbons (Fsp3) is 0.519. The first kappa shape index (κ1) is 26.1. The number of piperidine rings is 1. The van der Waals surface area contributed by atoms with Gasteiger partial charge in [0.25, 0.3) is 0 Å². The van der Waals surface area contributed by atoms with E-state index in [2.05, 4.69) is 41.4 Å². The molecular formula is C27H39N3O3S. The second-order valence-electron chi connectivity index (χ2n) is 9.83. The van der Waals surface area contributed by atoms with Crippen LogP contribution < -0.4 is 14.5 Å². The molecule has 3 rings (SSSR count). The van der Waals surface area contributed by atoms with E-state index < -0.39 is 10.0 Å². The van der Waals surface area contributed by atoms with Gasteiger partial charge in [-0.2, -0.15) is 0 Å². The molecule has 0 spiro atoms. The number of hydrogen-bond acceptors (Lipinski definition) is 4. The summed E-state index contributed by atoms with van der Waals surface area (Å²) in [6.45, 7) is 10.7. The summed E-state index contributed by atoms with van der Waals surface area (Å²) in [5.41, 5.74) is 4.97. The first-order valence-electron chi connectivity index (χ1n) is 12.2. The third-order valence-corrected chi connectivity index (χ3v) is 7.77. The summed E-state index contributed by atoms with van der Waals surface area (Å²) in [7, 11) is -3.43. The molecule has 1 aliphatic heterocycles. The standard InChI is InChI=1S/C27H39N3O3S/c1-20-12-15-29(16-13-20)25-10-8-24(9-11-25)23(4)28-27(31)7-6-14-30(34(5,32)33)26-18-21(2)17-22(3)19-26/h8-11,17-20,23H,6-7,12-16H2,1-5H3,(H,28,31)/t23-/m1/s1. The van der Waals surface area contributed by atoms with Crippen LogP contribution in [0.25, 0.3) is 0 Å². The maximum atomic E-state index is 12.6. The van der Waals surface area contributed by atoms with E-state index in [-0.39, 0.29) is 24.9 Å². The molecule has 1 aliphatic rings. The van der Waals surface area contributed by atoms with Gasteiger partial charge >= 0.3 is 0 Å². The van der Waals surface area contributed by atoms with Crippen LogP contribution in [0.2, 0.25) is 0 Å². The Morgan fingerprint density at radius 3 is 2.24 bits per heavy atom. The lowest BCUT2D eigenvalue weighted by Crippen LogP contribution is -2.33. The zero-order valence-electron chi connectivity index (χ0n) is 21.2. The van der Waals surface area contributed by atoms with Crippen molar-refractivity contribution in [1.82, 2.24) is 5.32 Å². The van der Waals surface area contributed by atoms with Gasteiger partial charge in [-0.3, -0.25) is 9.10 Å². The summed E-state index contributed by atoms with van der Waals surface area (Å²) in [6.07, 6.45) is 4.39. The first-order valence-corrected chi connectivity index (χ1v) is 14.1. The molecule has 7 heteroatoms. The van der Waals surface area contributed by atoms with Gasteiger partial charge in [0.2, 0.25) is 15.9 Å². The SMILES string of the molecule is Cc1cc(C)cc(N(CCCC(=O)N[C@H](C)c2ccc(N3CCC(C)CC3)cc2)S(C)(=O)=O)c1. The zero-order chi connectivity index (χ0) is 24.9. The maximum Gasteiger partial charge on any atom is 0.232 e. The smallest absolute Gasteiger partial charge is 0.232 e. The van der Waals surface area contributed by atoms with Gasteiger partial charge in [-0.15, -0.1) is 0 Å². The normalized spacial score (nSPS) is 15.7. The number of sulfonamides is 1. The summed E-state index contributed by atoms with van der Waals surface area (Å²) in [5.74, 6) is 0.728. The average Bonchev–Trinajstić information content (AvgIpc) is 2.76. The number of rotatable bonds is 9. The molecule has 2 aromatic rings. The predicted octanol–water partition coefficient (Wildman–Crippen LogP) is 4.96. The van der Waals surface area contributed by atoms with Crippen molar-refractivity contribution in [3.63, 3.8) is 0 Å². The van der Waals surface area contributed by atoms with Gasteiger partial charge in [0.15, 0.2) is 0 Å². The average molecular weight is 486 g/mol. The van der Waals surface area contributed by atoms with E-state index in [1.807, 2.05) is 39.0 Å². The van der Waals surface area contributed by atoms with Crippen molar-refractivity contribution in [2.75, 3.05) is 35.1 Å². The topological polar surface area (TPSA) is 69.7 Å². The van der Waals surface area contributed by atoms with Crippen molar-refractivity contribution in [2.45, 2.75) is 59.4 Å². The number of anilines is 2. The van der Waals surface area contributed by atoms with Crippen LogP contribution in [-0.2, 0) is 14.8 Å². The number of carbonyl (C=O) groups excluding carboxylic acids is 1. The van der Waals surface area contributed by atoms with Crippen molar-refractivity contribution in [3.8, 4) is 0 Å². The van der Waals surface area contributed by atoms with Crippen LogP contribution in [0, 0.1) is 19.8 Å². The Morgan fingerprint density at radius 2 is 1.68 bits per heavy atom. The minimum Gasteiger partial charge on any atom is -0.372 e. The Balaban J connectivity index is 1.52. The molecule has 1 atom stereocenters. The number of nitrogens with zero attached hydrogens (tertiary/aromatic N) is 2. The number of hydrogen-bond donors (Lipinski definition) is 1. The number of nitrogens with one attached hydrogen (secondary N) is 1. The zero-order valence-corrected chi connectivity index (χ0v) is 22.0. The summed E-state index contributed by atoms with van der Waals surface area (Å²) in [5, 5.41) is 3.05. The highest BCUT2D eigenvalue weighted by atomic mass is 32.2. The van der Waals surface area contributed by atoms with Crippen LogP contribution in [0.15, 0.2) is 42.5 Å². The third kappa shape index (κ3) is 7.23. The van der Waals surface area contributed by atoms with Gasteiger partial charge < -0.3 is 10.2 Å². The second kappa shape index (κ2) is 11.3. The number of benzene rings is 2. The molecule has 1 heterocycles. The molecule has 34 heavy (non-hydrogen) atoms. The van der Waals surface area contributed by atoms with E-state index in [4.69, 9.17) is 0 Å². The number of aryl methyl sites for hydroxylation is 2. The lowest BCUT2D eigenvalue weighted by atomic mass is 9.98. The lowest BCUT2D eigenvalue weighted by Gasteiger charge is -2.32. The fourth-order valence-electron chi connectivity index (χ4n) is 4.60. The van der Waals surface area contributed by atoms with Crippen molar-refractivity contribution < 1.29 is 13.2 Å². The molecule has 0 saturated carbocycles. The Bertz CT molecular complexity index is 1050. The van der Waals surface area contributed by atoms with Gasteiger partial charge in [0.1, 0.15) is 0 Å². The van der Waals surface area contributed by atoms with Crippen molar-refractivity contribution in [1.29, 1.82) is 0 Å². The van der Waals surface area contributed by atoms with Crippen LogP contribution in [0.1, 0.15) is 62.3 Å². The van der Waals surface area contributed by atoms with Gasteiger partial charge in [-0.25, -0.2) is 8.42 Å². The van der Waals surface area contributed by atoms with E-state index in [9.17, 15) is 13.2 Å². The number of amides is 1. The summed E-state index contributed by atoms with van der Waals surface area (Å²) < 4.78 is 26.1. The molecule has 6 nitrogen and oxygen atoms in total. The molecule has 1 amide bonds. The van der Waals surface area contributed by atoms with Gasteiger partial charge in [0.05, 0.1) is 18.0 Å². The van der Waals surface area contributed by atoms with Crippen LogP contribution in [-0.4, -0.2) is 40.2 Å². The Kier molecular flexibility index (Phi) is 8.63. The Labute approximate surface area is 205 Å². The van der Waals surface area contributed by atoms with Crippen LogP contribution in [0.4, 0.5) is 11.4 Å². The van der Waals surface area contributed by atoms with E-state index in [1.54, 1.807) is 0 Å². The largest absolute Gasteiger partial charge is 0.372 e. The molecule has 0 bridgehead atoms. The van der Waals surface area contributed by atoms with Crippen LogP contribution in [0.5, 0.6) is 0 Å². The van der Waals surface area contributed by atoms with E-state index in [0.717, 1.165) is 35.7 Å². The molecule has 0 aromatic heterocycles. The minimum atomic E-state index is -3.43. The molecule has 186 valence electrons. The van der Waals surface area contributed by atoms with Crippen molar-refractivity contribution in [3.05, 3.63) is 59.2 Å². The number of carbonyl (C=O) groups is 1. The van der Waals surface area contributed by atoms with Gasteiger partial charge in [0, 0.05) is 31.7 Å². The molecule has 2 aromatic carbocycles. The lowest BCUT2D eigenvalue weighted by molar-refractivity contribution is -0.121. The molecular weight excluding hydrogens is 446 g/mol.